The second kappa shape index (κ2) is 21.8. The Morgan fingerprint density at radius 1 is 0.779 bits per heavy atom. The van der Waals surface area contributed by atoms with Crippen LogP contribution in [0.5, 0.6) is 5.75 Å². The maximum Gasteiger partial charge on any atom is 0.397 e. The first-order valence-electron chi connectivity index (χ1n) is 19.9. The molecule has 6 aromatic rings. The van der Waals surface area contributed by atoms with E-state index in [-0.39, 0.29) is 49.7 Å². The lowest BCUT2D eigenvalue weighted by atomic mass is 10.0. The van der Waals surface area contributed by atoms with Crippen molar-refractivity contribution in [3.8, 4) is 5.75 Å². The zero-order valence-corrected chi connectivity index (χ0v) is 40.8. The van der Waals surface area contributed by atoms with Crippen molar-refractivity contribution in [1.29, 1.82) is 0 Å². The van der Waals surface area contributed by atoms with Gasteiger partial charge in [-0.2, -0.15) is 42.0 Å². The number of hydrogen-bond donors (Lipinski definition) is 5. The van der Waals surface area contributed by atoms with E-state index in [9.17, 15) is 43.3 Å². The molecule has 22 nitrogen and oxygen atoms in total. The molecule has 27 heteroatoms. The van der Waals surface area contributed by atoms with E-state index >= 15 is 0 Å². The third-order valence-corrected chi connectivity index (χ3v) is 13.7. The molecule has 0 fully saturated rings. The Morgan fingerprint density at radius 3 is 2.04 bits per heavy atom. The van der Waals surface area contributed by atoms with Gasteiger partial charge in [0.15, 0.2) is 15.6 Å². The summed E-state index contributed by atoms with van der Waals surface area (Å²) < 4.78 is 112. The highest BCUT2D eigenvalue weighted by Crippen LogP contribution is 2.47. The van der Waals surface area contributed by atoms with Crippen LogP contribution < -0.4 is 16.0 Å². The van der Waals surface area contributed by atoms with E-state index in [1.165, 1.54) is 30.3 Å². The fourth-order valence-corrected chi connectivity index (χ4v) is 9.13. The summed E-state index contributed by atoms with van der Waals surface area (Å²) in [6.45, 7) is 7.12. The lowest BCUT2D eigenvalue weighted by Gasteiger charge is -2.21. The number of aromatic hydroxyl groups is 1. The number of halogens is 1. The molecule has 6 N–H and O–H groups in total. The molecule has 0 saturated carbocycles. The van der Waals surface area contributed by atoms with Crippen molar-refractivity contribution in [2.45, 2.75) is 43.9 Å². The molecule has 6 rings (SSSR count). The minimum absolute atomic E-state index is 0.0109. The normalized spacial score (nSPS) is 12.4. The van der Waals surface area contributed by atoms with Crippen LogP contribution in [-0.4, -0.2) is 93.7 Å². The largest absolute Gasteiger partial charge is 0.505 e. The van der Waals surface area contributed by atoms with E-state index in [2.05, 4.69) is 44.9 Å². The minimum atomic E-state index is -4.94. The number of nitrogens with two attached hydrogens (primary N) is 1. The maximum atomic E-state index is 12.6. The van der Waals surface area contributed by atoms with Crippen LogP contribution >= 0.6 is 11.6 Å². The number of aromatic nitrogens is 3. The quantitative estimate of drug-likeness (QED) is 0.0324. The molecule has 0 saturated heterocycles. The van der Waals surface area contributed by atoms with Gasteiger partial charge in [-0.25, -0.2) is 21.0 Å². The molecular formula is C41H45ClN10O12S4. The third kappa shape index (κ3) is 14.1. The summed E-state index contributed by atoms with van der Waals surface area (Å²) in [4.78, 5) is 14.4. The monoisotopic (exact) mass is 1030 g/mol. The summed E-state index contributed by atoms with van der Waals surface area (Å²) in [5.41, 5.74) is 9.07. The van der Waals surface area contributed by atoms with Gasteiger partial charge in [-0.05, 0) is 116 Å². The molecule has 0 aliphatic heterocycles. The summed E-state index contributed by atoms with van der Waals surface area (Å²) in [5.74, 6) is -0.645. The van der Waals surface area contributed by atoms with Crippen LogP contribution in [0.25, 0.3) is 10.8 Å². The van der Waals surface area contributed by atoms with Gasteiger partial charge in [-0.15, -0.1) is 10.2 Å². The van der Waals surface area contributed by atoms with E-state index in [0.29, 0.717) is 41.4 Å². The summed E-state index contributed by atoms with van der Waals surface area (Å²) >= 11 is 6.30. The molecule has 0 amide bonds. The Morgan fingerprint density at radius 2 is 1.44 bits per heavy atom. The fraction of sp³-hybridized carbons (Fsp3) is 0.244. The van der Waals surface area contributed by atoms with Crippen LogP contribution in [-0.2, 0) is 44.4 Å². The number of fused-ring (bicyclic) bond motifs is 1. The Hall–Kier alpha value is -6.26. The zero-order valence-electron chi connectivity index (χ0n) is 36.8. The molecule has 1 heterocycles. The lowest BCUT2D eigenvalue weighted by Crippen LogP contribution is -2.19. The number of rotatable bonds is 17. The number of nitrogen functional groups attached to an aromatic ring is 1. The minimum Gasteiger partial charge on any atom is -0.505 e. The molecule has 0 radical (unpaired) electrons. The number of phenols is 1. The van der Waals surface area contributed by atoms with Crippen molar-refractivity contribution in [3.63, 3.8) is 0 Å². The van der Waals surface area contributed by atoms with E-state index in [1.807, 2.05) is 42.2 Å². The number of nitrogens with zero attached hydrogens (tertiary/aromatic N) is 8. The summed E-state index contributed by atoms with van der Waals surface area (Å²) in [6.07, 6.45) is 1.41. The van der Waals surface area contributed by atoms with Crippen molar-refractivity contribution < 1.29 is 52.1 Å². The number of phenolic OH excluding ortho intramolecular Hbond substituents is 1. The molecule has 0 spiro atoms. The Bertz CT molecular complexity index is 3320. The number of aryl methyl sites for hydroxylation is 2. The van der Waals surface area contributed by atoms with Gasteiger partial charge >= 0.3 is 10.4 Å². The second-order valence-corrected chi connectivity index (χ2v) is 21.8. The molecule has 68 heavy (non-hydrogen) atoms. The van der Waals surface area contributed by atoms with Crippen LogP contribution in [0.4, 0.5) is 51.7 Å². The van der Waals surface area contributed by atoms with Gasteiger partial charge in [0.25, 0.3) is 10.1 Å². The smallest absolute Gasteiger partial charge is 0.397 e. The second-order valence-electron chi connectivity index (χ2n) is 14.6. The predicted octanol–water partition coefficient (Wildman–Crippen LogP) is 8.60. The summed E-state index contributed by atoms with van der Waals surface area (Å²) in [6, 6.07) is 23.1. The zero-order chi connectivity index (χ0) is 50.2. The topological polar surface area (TPSA) is 336 Å². The summed E-state index contributed by atoms with van der Waals surface area (Å²) in [7, 11) is -16.1. The molecule has 0 unspecified atom stereocenters. The lowest BCUT2D eigenvalue weighted by molar-refractivity contribution is 0.284. The average Bonchev–Trinajstić information content (AvgIpc) is 3.23. The standard InChI is InChI=1S/C38H37ClN10O6S2.C3H8O6S2/c1-5-18-56(51,52)28-16-14-25(15-17-28)45-47-33-23(4)19-24-20-30(57(53,54)55)34(35(50)31(24)32(33)40)48-46-29-21-26(13-12-22(29)3)41-37-42-36(39)43-38(44-37)49(6-2)27-10-8-7-9-11-27;1-10(4,5)3-2-9-11(6,7)8/h7-17,19-21,50H,5-6,18,40H2,1-4H3,(H,53,54,55)(H,41,42,43,44);2-3H2,1H3,(H,6,7,8). The van der Waals surface area contributed by atoms with Crippen LogP contribution in [0.15, 0.2) is 115 Å². The van der Waals surface area contributed by atoms with Gasteiger partial charge in [-0.3, -0.25) is 9.11 Å². The van der Waals surface area contributed by atoms with Crippen LogP contribution in [0, 0.1) is 13.8 Å². The first-order chi connectivity index (χ1) is 31.8. The van der Waals surface area contributed by atoms with Crippen molar-refractivity contribution in [3.05, 3.63) is 101 Å². The highest BCUT2D eigenvalue weighted by atomic mass is 35.5. The third-order valence-electron chi connectivity index (χ3n) is 9.38. The molecule has 0 bridgehead atoms. The highest BCUT2D eigenvalue weighted by Gasteiger charge is 2.25. The number of sulfone groups is 2. The highest BCUT2D eigenvalue weighted by molar-refractivity contribution is 7.91. The van der Waals surface area contributed by atoms with Crippen LogP contribution in [0.2, 0.25) is 5.28 Å². The van der Waals surface area contributed by atoms with Gasteiger partial charge in [0.2, 0.25) is 17.2 Å². The van der Waals surface area contributed by atoms with Gasteiger partial charge in [-0.1, -0.05) is 31.2 Å². The molecule has 1 aromatic heterocycles. The number of para-hydroxylation sites is 1. The van der Waals surface area contributed by atoms with Crippen molar-refractivity contribution in [2.24, 2.45) is 20.5 Å². The van der Waals surface area contributed by atoms with Crippen LogP contribution in [0.1, 0.15) is 31.4 Å². The van der Waals surface area contributed by atoms with Crippen LogP contribution in [0.3, 0.4) is 0 Å². The Labute approximate surface area is 397 Å². The van der Waals surface area contributed by atoms with Crippen molar-refractivity contribution >= 4 is 114 Å². The molecular weight excluding hydrogens is 988 g/mol. The first kappa shape index (κ1) is 52.7. The van der Waals surface area contributed by atoms with Gasteiger partial charge in [0.05, 0.1) is 45.5 Å². The predicted molar refractivity (Wildman–Crippen MR) is 257 cm³/mol. The van der Waals surface area contributed by atoms with Crippen molar-refractivity contribution in [1.82, 2.24) is 15.0 Å². The Kier molecular flexibility index (Phi) is 16.9. The van der Waals surface area contributed by atoms with Gasteiger partial charge in [0, 0.05) is 24.2 Å². The van der Waals surface area contributed by atoms with E-state index in [4.69, 9.17) is 21.9 Å². The molecule has 0 aliphatic rings. The number of benzene rings is 5. The number of azo groups is 2. The van der Waals surface area contributed by atoms with E-state index in [1.54, 1.807) is 39.0 Å². The molecule has 0 atom stereocenters. The van der Waals surface area contributed by atoms with E-state index in [0.717, 1.165) is 18.0 Å². The van der Waals surface area contributed by atoms with E-state index < -0.39 is 68.9 Å². The Balaban J connectivity index is 0.000000697. The first-order valence-corrected chi connectivity index (χ1v) is 26.8. The molecule has 5 aromatic carbocycles. The fourth-order valence-electron chi connectivity index (χ4n) is 6.21. The number of nitrogens with one attached hydrogen (secondary N) is 1. The molecule has 362 valence electrons. The molecule has 0 aliphatic carbocycles. The SMILES string of the molecule is CCCS(=O)(=O)c1ccc(N=Nc2c(C)cc3cc(S(=O)(=O)O)c(N=Nc4cc(Nc5nc(Cl)nc(N(CC)c6ccccc6)n5)ccc4C)c(O)c3c2N)cc1.CS(=O)(=O)CCOS(=O)(=O)O. The van der Waals surface area contributed by atoms with Gasteiger partial charge in [0.1, 0.15) is 26.1 Å². The number of hydrogen-bond acceptors (Lipinski definition) is 20. The maximum absolute atomic E-state index is 12.6. The average molecular weight is 1030 g/mol. The van der Waals surface area contributed by atoms with Crippen molar-refractivity contribution in [2.75, 3.05) is 46.9 Å². The van der Waals surface area contributed by atoms with Gasteiger partial charge < -0.3 is 21.1 Å². The summed E-state index contributed by atoms with van der Waals surface area (Å²) in [5, 5.41) is 31.6. The number of anilines is 5.